The van der Waals surface area contributed by atoms with Gasteiger partial charge in [-0.2, -0.15) is 4.98 Å². The van der Waals surface area contributed by atoms with Crippen LogP contribution in [0.3, 0.4) is 0 Å². The van der Waals surface area contributed by atoms with E-state index in [-0.39, 0.29) is 5.91 Å². The van der Waals surface area contributed by atoms with Gasteiger partial charge in [0, 0.05) is 34.4 Å². The van der Waals surface area contributed by atoms with Gasteiger partial charge in [0.25, 0.3) is 5.91 Å². The van der Waals surface area contributed by atoms with Gasteiger partial charge in [-0.05, 0) is 78.9 Å². The first-order valence-electron chi connectivity index (χ1n) is 11.2. The molecule has 5 rings (SSSR count). The van der Waals surface area contributed by atoms with Gasteiger partial charge in [-0.3, -0.25) is 4.79 Å². The van der Waals surface area contributed by atoms with Gasteiger partial charge in [-0.15, -0.1) is 5.10 Å². The molecule has 178 valence electrons. The minimum Gasteiger partial charge on any atom is -0.340 e. The van der Waals surface area contributed by atoms with E-state index in [0.717, 1.165) is 17.1 Å². The minimum absolute atomic E-state index is 0.233. The van der Waals surface area contributed by atoms with Crippen molar-refractivity contribution in [2.75, 3.05) is 16.0 Å². The second kappa shape index (κ2) is 10.0. The van der Waals surface area contributed by atoms with Crippen LogP contribution in [0, 0.1) is 13.8 Å². The van der Waals surface area contributed by atoms with Crippen LogP contribution in [0.5, 0.6) is 0 Å². The van der Waals surface area contributed by atoms with Crippen LogP contribution in [0.1, 0.15) is 21.6 Å². The number of benzene rings is 3. The maximum Gasteiger partial charge on any atom is 0.255 e. The third-order valence-corrected chi connectivity index (χ3v) is 5.30. The minimum atomic E-state index is -0.233. The Balaban J connectivity index is 1.25. The molecule has 0 aliphatic carbocycles. The molecular formula is C26H23N9O. The Labute approximate surface area is 207 Å². The SMILES string of the molecule is Cc1ccc(Nc2nc(C)cc(Nc3ccc(NC(=O)c4cccc(-n5cnnn5)c4)cc3)n2)cc1. The maximum absolute atomic E-state index is 12.7. The van der Waals surface area contributed by atoms with E-state index in [0.29, 0.717) is 28.7 Å². The molecule has 2 heterocycles. The van der Waals surface area contributed by atoms with Crippen LogP contribution in [-0.4, -0.2) is 36.1 Å². The number of rotatable bonds is 7. The fraction of sp³-hybridized carbons (Fsp3) is 0.0769. The van der Waals surface area contributed by atoms with Crippen molar-refractivity contribution in [1.29, 1.82) is 0 Å². The second-order valence-corrected chi connectivity index (χ2v) is 8.17. The molecule has 10 heteroatoms. The first-order valence-corrected chi connectivity index (χ1v) is 11.2. The van der Waals surface area contributed by atoms with Crippen molar-refractivity contribution in [1.82, 2.24) is 30.2 Å². The zero-order valence-electron chi connectivity index (χ0n) is 19.7. The zero-order chi connectivity index (χ0) is 24.9. The Hall–Kier alpha value is -5.12. The first kappa shape index (κ1) is 22.7. The normalized spacial score (nSPS) is 10.6. The molecule has 0 saturated heterocycles. The lowest BCUT2D eigenvalue weighted by Gasteiger charge is -2.11. The van der Waals surface area contributed by atoms with Crippen molar-refractivity contribution in [2.24, 2.45) is 0 Å². The van der Waals surface area contributed by atoms with Crippen molar-refractivity contribution in [3.05, 3.63) is 102 Å². The highest BCUT2D eigenvalue weighted by atomic mass is 16.1. The summed E-state index contributed by atoms with van der Waals surface area (Å²) < 4.78 is 1.49. The predicted octanol–water partition coefficient (Wildman–Crippen LogP) is 4.81. The molecule has 0 radical (unpaired) electrons. The molecule has 5 aromatic rings. The summed E-state index contributed by atoms with van der Waals surface area (Å²) in [6.07, 6.45) is 1.48. The fourth-order valence-corrected chi connectivity index (χ4v) is 3.51. The third-order valence-electron chi connectivity index (χ3n) is 5.30. The van der Waals surface area contributed by atoms with Crippen LogP contribution in [0.25, 0.3) is 5.69 Å². The summed E-state index contributed by atoms with van der Waals surface area (Å²) in [6, 6.07) is 24.4. The summed E-state index contributed by atoms with van der Waals surface area (Å²) >= 11 is 0. The predicted molar refractivity (Wildman–Crippen MR) is 138 cm³/mol. The number of amides is 1. The number of aryl methyl sites for hydroxylation is 2. The highest BCUT2D eigenvalue weighted by molar-refractivity contribution is 6.04. The summed E-state index contributed by atoms with van der Waals surface area (Å²) in [6.45, 7) is 3.96. The summed E-state index contributed by atoms with van der Waals surface area (Å²) in [5.41, 5.74) is 5.62. The molecule has 3 N–H and O–H groups in total. The average molecular weight is 478 g/mol. The molecule has 0 aliphatic heterocycles. The molecule has 2 aromatic heterocycles. The van der Waals surface area contributed by atoms with Gasteiger partial charge in [-0.25, -0.2) is 9.67 Å². The Morgan fingerprint density at radius 3 is 2.28 bits per heavy atom. The first-order chi connectivity index (χ1) is 17.5. The molecule has 0 bridgehead atoms. The molecule has 0 aliphatic rings. The van der Waals surface area contributed by atoms with E-state index in [4.69, 9.17) is 0 Å². The molecule has 36 heavy (non-hydrogen) atoms. The van der Waals surface area contributed by atoms with Gasteiger partial charge in [0.2, 0.25) is 5.95 Å². The number of nitrogens with zero attached hydrogens (tertiary/aromatic N) is 6. The molecule has 3 aromatic carbocycles. The summed E-state index contributed by atoms with van der Waals surface area (Å²) in [5.74, 6) is 0.936. The molecular weight excluding hydrogens is 454 g/mol. The van der Waals surface area contributed by atoms with Crippen molar-refractivity contribution >= 4 is 34.7 Å². The van der Waals surface area contributed by atoms with Gasteiger partial charge in [0.15, 0.2) is 0 Å². The standard InChI is InChI=1S/C26H23N9O/c1-17-6-8-22(9-7-17)31-26-28-18(2)14-24(32-26)29-20-10-12-21(13-11-20)30-25(36)19-4-3-5-23(15-19)35-16-27-33-34-35/h3-16H,1-2H3,(H,30,36)(H2,28,29,31,32). The van der Waals surface area contributed by atoms with Crippen LogP contribution < -0.4 is 16.0 Å². The lowest BCUT2D eigenvalue weighted by Crippen LogP contribution is -2.12. The molecule has 0 atom stereocenters. The Bertz CT molecular complexity index is 1480. The average Bonchev–Trinajstić information content (AvgIpc) is 3.42. The van der Waals surface area contributed by atoms with E-state index in [1.165, 1.54) is 16.6 Å². The molecule has 0 saturated carbocycles. The number of aromatic nitrogens is 6. The number of carbonyl (C=O) groups is 1. The topological polar surface area (TPSA) is 123 Å². The van der Waals surface area contributed by atoms with Crippen LogP contribution in [-0.2, 0) is 0 Å². The zero-order valence-corrected chi connectivity index (χ0v) is 19.7. The van der Waals surface area contributed by atoms with Crippen LogP contribution >= 0.6 is 0 Å². The number of carbonyl (C=O) groups excluding carboxylic acids is 1. The highest BCUT2D eigenvalue weighted by Gasteiger charge is 2.09. The lowest BCUT2D eigenvalue weighted by atomic mass is 10.2. The van der Waals surface area contributed by atoms with Gasteiger partial charge < -0.3 is 16.0 Å². The molecule has 0 fully saturated rings. The van der Waals surface area contributed by atoms with Crippen molar-refractivity contribution < 1.29 is 4.79 Å². The summed E-state index contributed by atoms with van der Waals surface area (Å²) in [7, 11) is 0. The van der Waals surface area contributed by atoms with E-state index < -0.39 is 0 Å². The number of nitrogens with one attached hydrogen (secondary N) is 3. The van der Waals surface area contributed by atoms with Gasteiger partial charge in [0.05, 0.1) is 5.69 Å². The Kier molecular flexibility index (Phi) is 6.31. The maximum atomic E-state index is 12.7. The van der Waals surface area contributed by atoms with E-state index in [2.05, 4.69) is 41.4 Å². The lowest BCUT2D eigenvalue weighted by molar-refractivity contribution is 0.102. The van der Waals surface area contributed by atoms with Gasteiger partial charge in [0.1, 0.15) is 12.1 Å². The molecule has 1 amide bonds. The highest BCUT2D eigenvalue weighted by Crippen LogP contribution is 2.21. The quantitative estimate of drug-likeness (QED) is 0.305. The molecule has 0 unspecified atom stereocenters. The van der Waals surface area contributed by atoms with Gasteiger partial charge >= 0.3 is 0 Å². The fourth-order valence-electron chi connectivity index (χ4n) is 3.51. The molecule has 0 spiro atoms. The Morgan fingerprint density at radius 1 is 0.806 bits per heavy atom. The van der Waals surface area contributed by atoms with E-state index >= 15 is 0 Å². The summed E-state index contributed by atoms with van der Waals surface area (Å²) in [5, 5.41) is 20.5. The van der Waals surface area contributed by atoms with E-state index in [1.807, 2.05) is 74.5 Å². The Morgan fingerprint density at radius 2 is 1.53 bits per heavy atom. The van der Waals surface area contributed by atoms with Crippen LogP contribution in [0.15, 0.2) is 85.2 Å². The van der Waals surface area contributed by atoms with E-state index in [1.54, 1.807) is 18.2 Å². The van der Waals surface area contributed by atoms with Gasteiger partial charge in [-0.1, -0.05) is 23.8 Å². The van der Waals surface area contributed by atoms with Crippen molar-refractivity contribution in [3.8, 4) is 5.69 Å². The van der Waals surface area contributed by atoms with E-state index in [9.17, 15) is 4.79 Å². The monoisotopic (exact) mass is 477 g/mol. The number of hydrogen-bond acceptors (Lipinski definition) is 8. The number of tetrazole rings is 1. The second-order valence-electron chi connectivity index (χ2n) is 8.17. The number of hydrogen-bond donors (Lipinski definition) is 3. The van der Waals surface area contributed by atoms with Crippen LogP contribution in [0.2, 0.25) is 0 Å². The van der Waals surface area contributed by atoms with Crippen molar-refractivity contribution in [2.45, 2.75) is 13.8 Å². The summed E-state index contributed by atoms with van der Waals surface area (Å²) in [4.78, 5) is 21.8. The number of anilines is 5. The van der Waals surface area contributed by atoms with Crippen LogP contribution in [0.4, 0.5) is 28.8 Å². The van der Waals surface area contributed by atoms with Crippen molar-refractivity contribution in [3.63, 3.8) is 0 Å². The smallest absolute Gasteiger partial charge is 0.255 e. The molecule has 10 nitrogen and oxygen atoms in total. The third kappa shape index (κ3) is 5.50. The largest absolute Gasteiger partial charge is 0.340 e.